The molecule has 1 amide bonds. The molecule has 0 spiro atoms. The van der Waals surface area contributed by atoms with Crippen molar-refractivity contribution in [1.82, 2.24) is 4.90 Å². The maximum absolute atomic E-state index is 11.8. The van der Waals surface area contributed by atoms with Crippen LogP contribution in [0.5, 0.6) is 11.5 Å². The molecule has 21 heavy (non-hydrogen) atoms. The molecule has 0 aliphatic heterocycles. The van der Waals surface area contributed by atoms with Crippen LogP contribution in [-0.4, -0.2) is 42.6 Å². The highest BCUT2D eigenvalue weighted by Crippen LogP contribution is 2.37. The summed E-state index contributed by atoms with van der Waals surface area (Å²) >= 11 is 0. The van der Waals surface area contributed by atoms with Crippen molar-refractivity contribution >= 4 is 11.9 Å². The lowest BCUT2D eigenvalue weighted by Gasteiger charge is -2.29. The second kappa shape index (κ2) is 7.52. The van der Waals surface area contributed by atoms with E-state index in [1.165, 1.54) is 26.0 Å². The highest BCUT2D eigenvalue weighted by atomic mass is 16.5. The van der Waals surface area contributed by atoms with E-state index in [2.05, 4.69) is 0 Å². The average molecular weight is 295 g/mol. The van der Waals surface area contributed by atoms with Gasteiger partial charge in [0, 0.05) is 19.0 Å². The number of carbonyl (C=O) groups is 2. The number of rotatable bonds is 7. The molecular weight excluding hydrogens is 274 g/mol. The van der Waals surface area contributed by atoms with Crippen molar-refractivity contribution in [2.45, 2.75) is 26.3 Å². The summed E-state index contributed by atoms with van der Waals surface area (Å²) in [5.41, 5.74) is 0.396. The number of hydrogen-bond donors (Lipinski definition) is 1. The van der Waals surface area contributed by atoms with Gasteiger partial charge in [-0.1, -0.05) is 19.1 Å². The number of carbonyl (C=O) groups excluding carboxylic acids is 1. The lowest BCUT2D eigenvalue weighted by atomic mass is 10.0. The van der Waals surface area contributed by atoms with Gasteiger partial charge in [0.25, 0.3) is 0 Å². The standard InChI is InChI=1S/C15H21NO5/c1-5-9-16(10(2)17)13(15(18)19)11-7-6-8-12(20-3)14(11)21-4/h6-8,13H,5,9H2,1-4H3,(H,18,19). The van der Waals surface area contributed by atoms with E-state index in [9.17, 15) is 14.7 Å². The first kappa shape index (κ1) is 16.8. The molecule has 1 N–H and O–H groups in total. The quantitative estimate of drug-likeness (QED) is 0.833. The van der Waals surface area contributed by atoms with E-state index in [0.717, 1.165) is 0 Å². The Morgan fingerprint density at radius 2 is 1.95 bits per heavy atom. The molecule has 0 aliphatic rings. The molecule has 0 radical (unpaired) electrons. The molecule has 0 saturated carbocycles. The molecule has 1 rings (SSSR count). The zero-order valence-electron chi connectivity index (χ0n) is 12.8. The van der Waals surface area contributed by atoms with Crippen LogP contribution >= 0.6 is 0 Å². The Hall–Kier alpha value is -2.24. The van der Waals surface area contributed by atoms with Gasteiger partial charge in [-0.15, -0.1) is 0 Å². The number of nitrogens with zero attached hydrogens (tertiary/aromatic N) is 1. The Morgan fingerprint density at radius 1 is 1.29 bits per heavy atom. The van der Waals surface area contributed by atoms with E-state index in [-0.39, 0.29) is 5.91 Å². The number of carboxylic acids is 1. The third kappa shape index (κ3) is 3.65. The summed E-state index contributed by atoms with van der Waals surface area (Å²) in [4.78, 5) is 24.8. The summed E-state index contributed by atoms with van der Waals surface area (Å²) in [7, 11) is 2.92. The molecule has 1 atom stereocenters. The normalized spacial score (nSPS) is 11.6. The van der Waals surface area contributed by atoms with Crippen molar-refractivity contribution in [1.29, 1.82) is 0 Å². The smallest absolute Gasteiger partial charge is 0.331 e. The minimum atomic E-state index is -1.11. The van der Waals surface area contributed by atoms with Gasteiger partial charge in [0.2, 0.25) is 5.91 Å². The molecule has 0 bridgehead atoms. The van der Waals surface area contributed by atoms with Crippen molar-refractivity contribution in [3.63, 3.8) is 0 Å². The van der Waals surface area contributed by atoms with E-state index in [0.29, 0.717) is 30.0 Å². The van der Waals surface area contributed by atoms with Crippen LogP contribution < -0.4 is 9.47 Å². The van der Waals surface area contributed by atoms with E-state index >= 15 is 0 Å². The minimum Gasteiger partial charge on any atom is -0.493 e. The second-order valence-corrected chi connectivity index (χ2v) is 4.54. The lowest BCUT2D eigenvalue weighted by Crippen LogP contribution is -2.38. The molecule has 6 nitrogen and oxygen atoms in total. The molecule has 0 heterocycles. The Kier molecular flexibility index (Phi) is 6.02. The van der Waals surface area contributed by atoms with Crippen molar-refractivity contribution in [2.75, 3.05) is 20.8 Å². The monoisotopic (exact) mass is 295 g/mol. The molecule has 0 fully saturated rings. The molecule has 0 saturated heterocycles. The first-order valence-corrected chi connectivity index (χ1v) is 6.68. The minimum absolute atomic E-state index is 0.297. The van der Waals surface area contributed by atoms with Crippen LogP contribution in [-0.2, 0) is 9.59 Å². The Labute approximate surface area is 124 Å². The van der Waals surface area contributed by atoms with E-state index in [4.69, 9.17) is 9.47 Å². The van der Waals surface area contributed by atoms with Gasteiger partial charge in [0.05, 0.1) is 14.2 Å². The topological polar surface area (TPSA) is 76.1 Å². The van der Waals surface area contributed by atoms with Gasteiger partial charge in [0.15, 0.2) is 17.5 Å². The molecule has 1 unspecified atom stereocenters. The molecule has 0 aromatic heterocycles. The van der Waals surface area contributed by atoms with Crippen molar-refractivity contribution in [3.05, 3.63) is 23.8 Å². The summed E-state index contributed by atoms with van der Waals surface area (Å²) in [5.74, 6) is -0.643. The predicted octanol–water partition coefficient (Wildman–Crippen LogP) is 2.09. The SMILES string of the molecule is CCCN(C(C)=O)C(C(=O)O)c1cccc(OC)c1OC. The predicted molar refractivity (Wildman–Crippen MR) is 77.6 cm³/mol. The van der Waals surface area contributed by atoms with Crippen molar-refractivity contribution in [3.8, 4) is 11.5 Å². The lowest BCUT2D eigenvalue weighted by molar-refractivity contribution is -0.149. The average Bonchev–Trinajstić information content (AvgIpc) is 2.45. The molecule has 1 aromatic carbocycles. The zero-order chi connectivity index (χ0) is 16.0. The number of hydrogen-bond acceptors (Lipinski definition) is 4. The first-order chi connectivity index (χ1) is 9.97. The number of benzene rings is 1. The Bertz CT molecular complexity index is 515. The summed E-state index contributed by atoms with van der Waals surface area (Å²) in [6, 6.07) is 3.88. The maximum Gasteiger partial charge on any atom is 0.331 e. The molecule has 0 aliphatic carbocycles. The molecular formula is C15H21NO5. The van der Waals surface area contributed by atoms with E-state index in [1.807, 2.05) is 6.92 Å². The van der Waals surface area contributed by atoms with Gasteiger partial charge >= 0.3 is 5.97 Å². The van der Waals surface area contributed by atoms with Crippen LogP contribution in [0.2, 0.25) is 0 Å². The highest BCUT2D eigenvalue weighted by molar-refractivity contribution is 5.84. The summed E-state index contributed by atoms with van der Waals surface area (Å²) in [6.07, 6.45) is 0.662. The number of methoxy groups -OCH3 is 2. The van der Waals surface area contributed by atoms with Gasteiger partial charge in [0.1, 0.15) is 0 Å². The van der Waals surface area contributed by atoms with Gasteiger partial charge in [-0.25, -0.2) is 4.79 Å². The van der Waals surface area contributed by atoms with Crippen LogP contribution in [0.1, 0.15) is 31.9 Å². The zero-order valence-corrected chi connectivity index (χ0v) is 12.8. The van der Waals surface area contributed by atoms with Crippen LogP contribution in [0, 0.1) is 0 Å². The van der Waals surface area contributed by atoms with E-state index < -0.39 is 12.0 Å². The van der Waals surface area contributed by atoms with Gasteiger partial charge < -0.3 is 19.5 Å². The Morgan fingerprint density at radius 3 is 2.38 bits per heavy atom. The fourth-order valence-electron chi connectivity index (χ4n) is 2.27. The van der Waals surface area contributed by atoms with Crippen LogP contribution in [0.3, 0.4) is 0 Å². The van der Waals surface area contributed by atoms with Crippen LogP contribution in [0.25, 0.3) is 0 Å². The third-order valence-electron chi connectivity index (χ3n) is 3.14. The van der Waals surface area contributed by atoms with Gasteiger partial charge in [-0.2, -0.15) is 0 Å². The number of aliphatic carboxylic acids is 1. The van der Waals surface area contributed by atoms with Crippen LogP contribution in [0.4, 0.5) is 0 Å². The summed E-state index contributed by atoms with van der Waals surface area (Å²) in [5, 5.41) is 9.57. The van der Waals surface area contributed by atoms with Gasteiger partial charge in [-0.3, -0.25) is 4.79 Å². The largest absolute Gasteiger partial charge is 0.493 e. The fourth-order valence-corrected chi connectivity index (χ4v) is 2.27. The van der Waals surface area contributed by atoms with Crippen LogP contribution in [0.15, 0.2) is 18.2 Å². The fraction of sp³-hybridized carbons (Fsp3) is 0.467. The summed E-state index contributed by atoms with van der Waals surface area (Å²) in [6.45, 7) is 3.60. The van der Waals surface area contributed by atoms with Gasteiger partial charge in [-0.05, 0) is 12.5 Å². The van der Waals surface area contributed by atoms with E-state index in [1.54, 1.807) is 18.2 Å². The molecule has 116 valence electrons. The number of carboxylic acid groups (broad SMARTS) is 1. The third-order valence-corrected chi connectivity index (χ3v) is 3.14. The number of para-hydroxylation sites is 1. The molecule has 1 aromatic rings. The second-order valence-electron chi connectivity index (χ2n) is 4.54. The van der Waals surface area contributed by atoms with Crippen molar-refractivity contribution in [2.24, 2.45) is 0 Å². The first-order valence-electron chi connectivity index (χ1n) is 6.68. The number of ether oxygens (including phenoxy) is 2. The summed E-state index contributed by atoms with van der Waals surface area (Å²) < 4.78 is 10.5. The maximum atomic E-state index is 11.8. The number of amides is 1. The Balaban J connectivity index is 3.41. The van der Waals surface area contributed by atoms with Crippen molar-refractivity contribution < 1.29 is 24.2 Å². The highest BCUT2D eigenvalue weighted by Gasteiger charge is 2.32. The molecule has 6 heteroatoms.